The molecule has 0 bridgehead atoms. The van der Waals surface area contributed by atoms with Crippen LogP contribution in [0, 0.1) is 5.92 Å². The Kier molecular flexibility index (Phi) is 4.53. The molecular formula is C14H19Br2N. The van der Waals surface area contributed by atoms with Gasteiger partial charge in [0.2, 0.25) is 0 Å². The zero-order valence-electron chi connectivity index (χ0n) is 10.4. The van der Waals surface area contributed by atoms with E-state index in [9.17, 15) is 0 Å². The molecule has 0 spiro atoms. The largest absolute Gasteiger partial charge is 0.369 e. The molecule has 17 heavy (non-hydrogen) atoms. The van der Waals surface area contributed by atoms with Gasteiger partial charge in [-0.2, -0.15) is 0 Å². The van der Waals surface area contributed by atoms with Crippen LogP contribution in [0.5, 0.6) is 0 Å². The third kappa shape index (κ3) is 3.05. The van der Waals surface area contributed by atoms with E-state index in [0.717, 1.165) is 11.2 Å². The Labute approximate surface area is 121 Å². The molecule has 1 heterocycles. The van der Waals surface area contributed by atoms with Gasteiger partial charge in [-0.25, -0.2) is 0 Å². The highest BCUT2D eigenvalue weighted by molar-refractivity contribution is 9.10. The number of halogens is 2. The second kappa shape index (κ2) is 5.75. The van der Waals surface area contributed by atoms with Crippen LogP contribution in [0.4, 0.5) is 5.69 Å². The van der Waals surface area contributed by atoms with Crippen LogP contribution in [-0.2, 0) is 5.33 Å². The van der Waals surface area contributed by atoms with E-state index in [-0.39, 0.29) is 0 Å². The summed E-state index contributed by atoms with van der Waals surface area (Å²) in [6.45, 7) is 5.86. The molecule has 0 saturated carbocycles. The van der Waals surface area contributed by atoms with Gasteiger partial charge >= 0.3 is 0 Å². The second-order valence-corrected chi connectivity index (χ2v) is 6.51. The van der Waals surface area contributed by atoms with Crippen molar-refractivity contribution in [1.82, 2.24) is 0 Å². The monoisotopic (exact) mass is 359 g/mol. The second-order valence-electron chi connectivity index (χ2n) is 5.09. The molecule has 2 atom stereocenters. The van der Waals surface area contributed by atoms with E-state index < -0.39 is 0 Å². The van der Waals surface area contributed by atoms with Crippen molar-refractivity contribution in [2.75, 3.05) is 11.4 Å². The maximum Gasteiger partial charge on any atom is 0.0380 e. The highest BCUT2D eigenvalue weighted by Crippen LogP contribution is 2.31. The van der Waals surface area contributed by atoms with Crippen molar-refractivity contribution in [2.24, 2.45) is 5.92 Å². The fraction of sp³-hybridized carbons (Fsp3) is 0.571. The first-order valence-electron chi connectivity index (χ1n) is 6.23. The minimum atomic E-state index is 0.660. The zero-order chi connectivity index (χ0) is 12.4. The van der Waals surface area contributed by atoms with E-state index in [4.69, 9.17) is 0 Å². The predicted molar refractivity (Wildman–Crippen MR) is 82.0 cm³/mol. The Balaban J connectivity index is 2.23. The maximum absolute atomic E-state index is 3.65. The molecule has 1 aromatic rings. The average molecular weight is 361 g/mol. The molecule has 94 valence electrons. The van der Waals surface area contributed by atoms with Crippen molar-refractivity contribution >= 4 is 37.5 Å². The van der Waals surface area contributed by atoms with E-state index in [2.05, 4.69) is 68.8 Å². The third-order valence-corrected chi connectivity index (χ3v) is 4.97. The molecule has 0 N–H and O–H groups in total. The van der Waals surface area contributed by atoms with Gasteiger partial charge in [-0.3, -0.25) is 0 Å². The topological polar surface area (TPSA) is 3.24 Å². The van der Waals surface area contributed by atoms with Crippen LogP contribution in [0.1, 0.15) is 32.3 Å². The fourth-order valence-corrected chi connectivity index (χ4v) is 3.84. The maximum atomic E-state index is 3.65. The van der Waals surface area contributed by atoms with Crippen LogP contribution < -0.4 is 4.90 Å². The zero-order valence-corrected chi connectivity index (χ0v) is 13.6. The van der Waals surface area contributed by atoms with E-state index in [1.807, 2.05) is 0 Å². The Morgan fingerprint density at radius 3 is 2.71 bits per heavy atom. The standard InChI is InChI=1S/C14H19Br2N/c1-10-3-4-11(2)17(9-10)13-6-5-12(8-15)14(16)7-13/h5-7,10-11H,3-4,8-9H2,1-2H3. The Morgan fingerprint density at radius 2 is 2.06 bits per heavy atom. The number of nitrogens with zero attached hydrogens (tertiary/aromatic N) is 1. The number of benzene rings is 1. The molecule has 1 saturated heterocycles. The van der Waals surface area contributed by atoms with Crippen LogP contribution in [0.2, 0.25) is 0 Å². The average Bonchev–Trinajstić information content (AvgIpc) is 2.32. The minimum Gasteiger partial charge on any atom is -0.369 e. The predicted octanol–water partition coefficient (Wildman–Crippen LogP) is 4.97. The molecular weight excluding hydrogens is 342 g/mol. The summed E-state index contributed by atoms with van der Waals surface area (Å²) < 4.78 is 1.21. The van der Waals surface area contributed by atoms with Gasteiger partial charge in [0.1, 0.15) is 0 Å². The Hall–Kier alpha value is -0.0200. The van der Waals surface area contributed by atoms with E-state index in [0.29, 0.717) is 6.04 Å². The van der Waals surface area contributed by atoms with Crippen LogP contribution in [0.25, 0.3) is 0 Å². The van der Waals surface area contributed by atoms with Crippen molar-refractivity contribution in [3.63, 3.8) is 0 Å². The molecule has 1 aliphatic heterocycles. The Morgan fingerprint density at radius 1 is 1.29 bits per heavy atom. The summed E-state index contributed by atoms with van der Waals surface area (Å²) in [5.74, 6) is 0.806. The smallest absolute Gasteiger partial charge is 0.0380 e. The third-order valence-electron chi connectivity index (χ3n) is 3.63. The summed E-state index contributed by atoms with van der Waals surface area (Å²) in [5.41, 5.74) is 2.66. The van der Waals surface area contributed by atoms with Crippen molar-refractivity contribution < 1.29 is 0 Å². The quantitative estimate of drug-likeness (QED) is 0.673. The van der Waals surface area contributed by atoms with Crippen LogP contribution in [0.15, 0.2) is 22.7 Å². The van der Waals surface area contributed by atoms with Crippen LogP contribution in [0.3, 0.4) is 0 Å². The lowest BCUT2D eigenvalue weighted by Crippen LogP contribution is -2.41. The number of hydrogen-bond acceptors (Lipinski definition) is 1. The summed E-state index contributed by atoms with van der Waals surface area (Å²) >= 11 is 7.16. The van der Waals surface area contributed by atoms with Crippen molar-refractivity contribution in [1.29, 1.82) is 0 Å². The van der Waals surface area contributed by atoms with Crippen molar-refractivity contribution in [3.05, 3.63) is 28.2 Å². The molecule has 2 unspecified atom stereocenters. The molecule has 1 fully saturated rings. The summed E-state index contributed by atoms with van der Waals surface area (Å²) in [6.07, 6.45) is 2.66. The van der Waals surface area contributed by atoms with Gasteiger partial charge in [0.05, 0.1) is 0 Å². The molecule has 2 rings (SSSR count). The summed E-state index contributed by atoms with van der Waals surface area (Å²) in [5, 5.41) is 0.903. The van der Waals surface area contributed by atoms with Crippen LogP contribution >= 0.6 is 31.9 Å². The highest BCUT2D eigenvalue weighted by Gasteiger charge is 2.23. The number of anilines is 1. The summed E-state index contributed by atoms with van der Waals surface area (Å²) in [6, 6.07) is 7.37. The van der Waals surface area contributed by atoms with E-state index >= 15 is 0 Å². The Bertz CT molecular complexity index is 392. The van der Waals surface area contributed by atoms with Gasteiger partial charge in [0.15, 0.2) is 0 Å². The molecule has 1 nitrogen and oxygen atoms in total. The van der Waals surface area contributed by atoms with Gasteiger partial charge in [-0.15, -0.1) is 0 Å². The van der Waals surface area contributed by atoms with Gasteiger partial charge in [0, 0.05) is 28.1 Å². The highest BCUT2D eigenvalue weighted by atomic mass is 79.9. The number of piperidine rings is 1. The van der Waals surface area contributed by atoms with Gasteiger partial charge in [-0.1, -0.05) is 44.8 Å². The van der Waals surface area contributed by atoms with E-state index in [1.165, 1.54) is 35.1 Å². The van der Waals surface area contributed by atoms with Gasteiger partial charge in [0.25, 0.3) is 0 Å². The lowest BCUT2D eigenvalue weighted by atomic mass is 9.94. The molecule has 1 aliphatic rings. The fourth-order valence-electron chi connectivity index (χ4n) is 2.47. The first-order valence-corrected chi connectivity index (χ1v) is 8.14. The number of rotatable bonds is 2. The van der Waals surface area contributed by atoms with Crippen molar-refractivity contribution in [3.8, 4) is 0 Å². The summed E-state index contributed by atoms with van der Waals surface area (Å²) in [4.78, 5) is 2.54. The molecule has 3 heteroatoms. The minimum absolute atomic E-state index is 0.660. The van der Waals surface area contributed by atoms with Gasteiger partial charge in [-0.05, 0) is 43.4 Å². The summed E-state index contributed by atoms with van der Waals surface area (Å²) in [7, 11) is 0. The molecule has 0 radical (unpaired) electrons. The number of alkyl halides is 1. The molecule has 0 amide bonds. The molecule has 0 aliphatic carbocycles. The number of hydrogen-bond donors (Lipinski definition) is 0. The first-order chi connectivity index (χ1) is 8.11. The van der Waals surface area contributed by atoms with E-state index in [1.54, 1.807) is 0 Å². The lowest BCUT2D eigenvalue weighted by Gasteiger charge is -2.38. The van der Waals surface area contributed by atoms with Crippen molar-refractivity contribution in [2.45, 2.75) is 38.1 Å². The molecule has 0 aromatic heterocycles. The van der Waals surface area contributed by atoms with Gasteiger partial charge < -0.3 is 4.90 Å². The van der Waals surface area contributed by atoms with Crippen LogP contribution in [-0.4, -0.2) is 12.6 Å². The SMILES string of the molecule is CC1CCC(C)N(c2ccc(CBr)c(Br)c2)C1. The molecule has 1 aromatic carbocycles. The lowest BCUT2D eigenvalue weighted by molar-refractivity contribution is 0.390. The first kappa shape index (κ1) is 13.4. The normalized spacial score (nSPS) is 25.1.